The standard InChI is InChI=1S/C19H23N3OS/c20-19(23)15-8-9-22(11-15)12-18-21-16-7-6-14(10-17(16)24-18)13-4-2-1-3-5-13/h1-5,14-15H,6-12H2,(H2,20,23)/t14-,15-/m0/s1. The van der Waals surface area contributed by atoms with E-state index < -0.39 is 0 Å². The van der Waals surface area contributed by atoms with Crippen molar-refractivity contribution in [1.82, 2.24) is 9.88 Å². The van der Waals surface area contributed by atoms with Crippen LogP contribution >= 0.6 is 11.3 Å². The number of fused-ring (bicyclic) bond motifs is 1. The van der Waals surface area contributed by atoms with Gasteiger partial charge in [-0.2, -0.15) is 0 Å². The van der Waals surface area contributed by atoms with Gasteiger partial charge in [-0.3, -0.25) is 9.69 Å². The Kier molecular flexibility index (Phi) is 4.37. The molecule has 1 aromatic carbocycles. The number of hydrogen-bond acceptors (Lipinski definition) is 4. The highest BCUT2D eigenvalue weighted by atomic mass is 32.1. The summed E-state index contributed by atoms with van der Waals surface area (Å²) in [5.74, 6) is 0.474. The van der Waals surface area contributed by atoms with Gasteiger partial charge in [-0.05, 0) is 43.7 Å². The van der Waals surface area contributed by atoms with Crippen LogP contribution in [-0.2, 0) is 24.2 Å². The highest BCUT2D eigenvalue weighted by Gasteiger charge is 2.28. The average molecular weight is 341 g/mol. The summed E-state index contributed by atoms with van der Waals surface area (Å²) in [5.41, 5.74) is 8.17. The first-order valence-corrected chi connectivity index (χ1v) is 9.55. The van der Waals surface area contributed by atoms with Crippen molar-refractivity contribution in [2.45, 2.75) is 38.1 Å². The lowest BCUT2D eigenvalue weighted by molar-refractivity contribution is -0.121. The Morgan fingerprint density at radius 1 is 1.29 bits per heavy atom. The SMILES string of the molecule is NC(=O)[C@H]1CCN(Cc2nc3c(s2)C[C@@H](c2ccccc2)CC3)C1. The lowest BCUT2D eigenvalue weighted by Gasteiger charge is -2.21. The Morgan fingerprint density at radius 2 is 2.12 bits per heavy atom. The summed E-state index contributed by atoms with van der Waals surface area (Å²) in [4.78, 5) is 20.0. The van der Waals surface area contributed by atoms with Crippen LogP contribution in [-0.4, -0.2) is 28.9 Å². The molecule has 1 amide bonds. The zero-order chi connectivity index (χ0) is 16.5. The summed E-state index contributed by atoms with van der Waals surface area (Å²) in [6.07, 6.45) is 4.26. The fraction of sp³-hybridized carbons (Fsp3) is 0.474. The van der Waals surface area contributed by atoms with Crippen LogP contribution < -0.4 is 5.73 Å². The molecule has 0 bridgehead atoms. The number of hydrogen-bond donors (Lipinski definition) is 1. The molecule has 5 heteroatoms. The molecule has 2 aromatic rings. The molecule has 0 spiro atoms. The molecule has 2 heterocycles. The van der Waals surface area contributed by atoms with Crippen molar-refractivity contribution in [3.63, 3.8) is 0 Å². The number of thiazole rings is 1. The molecular formula is C19H23N3OS. The van der Waals surface area contributed by atoms with E-state index in [1.165, 1.54) is 27.6 Å². The van der Waals surface area contributed by atoms with Crippen LogP contribution in [0.4, 0.5) is 0 Å². The summed E-state index contributed by atoms with van der Waals surface area (Å²) in [6.45, 7) is 2.59. The number of nitrogens with zero attached hydrogens (tertiary/aromatic N) is 2. The monoisotopic (exact) mass is 341 g/mol. The van der Waals surface area contributed by atoms with Crippen LogP contribution in [0.1, 0.15) is 39.9 Å². The number of benzene rings is 1. The largest absolute Gasteiger partial charge is 0.369 e. The molecule has 1 aromatic heterocycles. The molecule has 0 saturated carbocycles. The first-order valence-electron chi connectivity index (χ1n) is 8.73. The smallest absolute Gasteiger partial charge is 0.221 e. The van der Waals surface area contributed by atoms with E-state index in [2.05, 4.69) is 35.2 Å². The Hall–Kier alpha value is -1.72. The van der Waals surface area contributed by atoms with E-state index in [9.17, 15) is 4.79 Å². The maximum atomic E-state index is 11.3. The maximum absolute atomic E-state index is 11.3. The molecule has 2 aliphatic rings. The lowest BCUT2D eigenvalue weighted by atomic mass is 9.85. The third-order valence-corrected chi connectivity index (χ3v) is 6.39. The second-order valence-electron chi connectivity index (χ2n) is 6.95. The predicted octanol–water partition coefficient (Wildman–Crippen LogP) is 2.72. The number of rotatable bonds is 4. The lowest BCUT2D eigenvalue weighted by Crippen LogP contribution is -2.27. The van der Waals surface area contributed by atoms with E-state index in [0.29, 0.717) is 5.92 Å². The highest BCUT2D eigenvalue weighted by molar-refractivity contribution is 7.11. The second kappa shape index (κ2) is 6.65. The zero-order valence-corrected chi connectivity index (χ0v) is 14.6. The van der Waals surface area contributed by atoms with E-state index in [1.807, 2.05) is 11.3 Å². The van der Waals surface area contributed by atoms with Crippen molar-refractivity contribution in [3.05, 3.63) is 51.5 Å². The van der Waals surface area contributed by atoms with Gasteiger partial charge in [0.25, 0.3) is 0 Å². The van der Waals surface area contributed by atoms with Gasteiger partial charge in [0, 0.05) is 11.4 Å². The van der Waals surface area contributed by atoms with Gasteiger partial charge in [0.05, 0.1) is 18.2 Å². The van der Waals surface area contributed by atoms with E-state index >= 15 is 0 Å². The van der Waals surface area contributed by atoms with Crippen LogP contribution in [0.25, 0.3) is 0 Å². The summed E-state index contributed by atoms with van der Waals surface area (Å²) >= 11 is 1.86. The third kappa shape index (κ3) is 3.23. The summed E-state index contributed by atoms with van der Waals surface area (Å²) < 4.78 is 0. The molecule has 1 saturated heterocycles. The fourth-order valence-electron chi connectivity index (χ4n) is 3.91. The van der Waals surface area contributed by atoms with Gasteiger partial charge in [0.15, 0.2) is 0 Å². The minimum atomic E-state index is -0.165. The molecule has 0 unspecified atom stereocenters. The minimum absolute atomic E-state index is 0.0158. The van der Waals surface area contributed by atoms with Gasteiger partial charge in [-0.15, -0.1) is 11.3 Å². The normalized spacial score (nSPS) is 24.0. The number of carbonyl (C=O) groups is 1. The van der Waals surface area contributed by atoms with Crippen LogP contribution in [0.15, 0.2) is 30.3 Å². The summed E-state index contributed by atoms with van der Waals surface area (Å²) in [6, 6.07) is 10.8. The van der Waals surface area contributed by atoms with Crippen molar-refractivity contribution in [3.8, 4) is 0 Å². The van der Waals surface area contributed by atoms with E-state index in [0.717, 1.165) is 38.9 Å². The van der Waals surface area contributed by atoms with Crippen LogP contribution in [0.3, 0.4) is 0 Å². The molecule has 2 N–H and O–H groups in total. The van der Waals surface area contributed by atoms with Crippen molar-refractivity contribution in [1.29, 1.82) is 0 Å². The molecule has 24 heavy (non-hydrogen) atoms. The summed E-state index contributed by atoms with van der Waals surface area (Å²) in [5, 5.41) is 1.19. The van der Waals surface area contributed by atoms with Gasteiger partial charge in [0.1, 0.15) is 5.01 Å². The number of likely N-dealkylation sites (tertiary alicyclic amines) is 1. The van der Waals surface area contributed by atoms with Crippen molar-refractivity contribution in [2.75, 3.05) is 13.1 Å². The highest BCUT2D eigenvalue weighted by Crippen LogP contribution is 2.36. The van der Waals surface area contributed by atoms with E-state index in [1.54, 1.807) is 0 Å². The van der Waals surface area contributed by atoms with Gasteiger partial charge in [-0.25, -0.2) is 4.98 Å². The molecule has 2 atom stereocenters. The first-order chi connectivity index (χ1) is 11.7. The Labute approximate surface area is 146 Å². The molecular weight excluding hydrogens is 318 g/mol. The van der Waals surface area contributed by atoms with Crippen LogP contribution in [0.5, 0.6) is 0 Å². The fourth-order valence-corrected chi connectivity index (χ4v) is 5.14. The molecule has 0 radical (unpaired) electrons. The Bertz CT molecular complexity index is 727. The van der Waals surface area contributed by atoms with Crippen LogP contribution in [0, 0.1) is 5.92 Å². The van der Waals surface area contributed by atoms with Gasteiger partial charge in [-0.1, -0.05) is 30.3 Å². The molecule has 1 aliphatic heterocycles. The maximum Gasteiger partial charge on any atom is 0.221 e. The summed E-state index contributed by atoms with van der Waals surface area (Å²) in [7, 11) is 0. The second-order valence-corrected chi connectivity index (χ2v) is 8.12. The topological polar surface area (TPSA) is 59.2 Å². The van der Waals surface area contributed by atoms with Crippen LogP contribution in [0.2, 0.25) is 0 Å². The Balaban J connectivity index is 1.43. The van der Waals surface area contributed by atoms with E-state index in [4.69, 9.17) is 10.7 Å². The van der Waals surface area contributed by atoms with Gasteiger partial charge in [0.2, 0.25) is 5.91 Å². The predicted molar refractivity (Wildman–Crippen MR) is 95.9 cm³/mol. The Morgan fingerprint density at radius 3 is 2.88 bits per heavy atom. The number of aryl methyl sites for hydroxylation is 1. The quantitative estimate of drug-likeness (QED) is 0.930. The van der Waals surface area contributed by atoms with Gasteiger partial charge >= 0.3 is 0 Å². The minimum Gasteiger partial charge on any atom is -0.369 e. The van der Waals surface area contributed by atoms with Crippen molar-refractivity contribution in [2.24, 2.45) is 11.7 Å². The third-order valence-electron chi connectivity index (χ3n) is 5.29. The van der Waals surface area contributed by atoms with Crippen molar-refractivity contribution >= 4 is 17.2 Å². The number of carbonyl (C=O) groups excluding carboxylic acids is 1. The number of primary amides is 1. The average Bonchev–Trinajstić information content (AvgIpc) is 3.21. The number of nitrogens with two attached hydrogens (primary N) is 1. The molecule has 1 aliphatic carbocycles. The van der Waals surface area contributed by atoms with Gasteiger partial charge < -0.3 is 5.73 Å². The first kappa shape index (κ1) is 15.8. The number of amides is 1. The molecule has 4 rings (SSSR count). The molecule has 1 fully saturated rings. The molecule has 4 nitrogen and oxygen atoms in total. The van der Waals surface area contributed by atoms with E-state index in [-0.39, 0.29) is 11.8 Å². The number of aromatic nitrogens is 1. The zero-order valence-electron chi connectivity index (χ0n) is 13.8. The molecule has 126 valence electrons. The van der Waals surface area contributed by atoms with Crippen molar-refractivity contribution < 1.29 is 4.79 Å².